The minimum Gasteiger partial charge on any atom is -0.325 e. The van der Waals surface area contributed by atoms with Gasteiger partial charge in [-0.25, -0.2) is 0 Å². The number of imide groups is 1. The Balaban J connectivity index is 1.71. The quantitative estimate of drug-likeness (QED) is 0.759. The Kier molecular flexibility index (Phi) is 5.68. The van der Waals surface area contributed by atoms with Crippen LogP contribution < -0.4 is 5.32 Å². The Morgan fingerprint density at radius 2 is 1.85 bits per heavy atom. The summed E-state index contributed by atoms with van der Waals surface area (Å²) in [5.41, 5.74) is 3.38. The number of hydrogen-bond acceptors (Lipinski definition) is 4. The first-order chi connectivity index (χ1) is 12.8. The van der Waals surface area contributed by atoms with E-state index in [-0.39, 0.29) is 11.4 Å². The molecule has 1 saturated heterocycles. The molecule has 0 saturated carbocycles. The van der Waals surface area contributed by atoms with Crippen molar-refractivity contribution in [3.8, 4) is 0 Å². The predicted octanol–water partition coefficient (Wildman–Crippen LogP) is 4.63. The van der Waals surface area contributed by atoms with E-state index < -0.39 is 17.1 Å². The van der Waals surface area contributed by atoms with Crippen molar-refractivity contribution in [2.75, 3.05) is 11.9 Å². The van der Waals surface area contributed by atoms with Gasteiger partial charge in [0.2, 0.25) is 5.91 Å². The van der Waals surface area contributed by atoms with E-state index in [1.54, 1.807) is 30.3 Å². The summed E-state index contributed by atoms with van der Waals surface area (Å²) < 4.78 is 0. The molecule has 5 nitrogen and oxygen atoms in total. The predicted molar refractivity (Wildman–Crippen MR) is 109 cm³/mol. The molecule has 1 N–H and O–H groups in total. The molecule has 0 radical (unpaired) electrons. The molecule has 1 fully saturated rings. The molecule has 27 heavy (non-hydrogen) atoms. The van der Waals surface area contributed by atoms with Crippen molar-refractivity contribution in [2.45, 2.75) is 13.8 Å². The van der Waals surface area contributed by atoms with Gasteiger partial charge >= 0.3 is 0 Å². The molecule has 1 aliphatic heterocycles. The van der Waals surface area contributed by atoms with Crippen LogP contribution in [0.15, 0.2) is 47.4 Å². The van der Waals surface area contributed by atoms with Gasteiger partial charge in [-0.2, -0.15) is 0 Å². The van der Waals surface area contributed by atoms with E-state index >= 15 is 0 Å². The second kappa shape index (κ2) is 7.98. The molecule has 138 valence electrons. The fourth-order valence-electron chi connectivity index (χ4n) is 2.78. The van der Waals surface area contributed by atoms with Crippen molar-refractivity contribution in [1.82, 2.24) is 4.90 Å². The van der Waals surface area contributed by atoms with E-state index in [0.717, 1.165) is 27.8 Å². The number of nitrogens with zero attached hydrogens (tertiary/aromatic N) is 1. The zero-order chi connectivity index (χ0) is 19.6. The maximum atomic E-state index is 12.5. The Bertz CT molecular complexity index is 951. The minimum atomic E-state index is -0.486. The van der Waals surface area contributed by atoms with Gasteiger partial charge in [-0.15, -0.1) is 0 Å². The van der Waals surface area contributed by atoms with Gasteiger partial charge in [-0.1, -0.05) is 29.8 Å². The van der Waals surface area contributed by atoms with Gasteiger partial charge in [0.1, 0.15) is 6.54 Å². The first-order valence-corrected chi connectivity index (χ1v) is 9.40. The Labute approximate surface area is 166 Å². The lowest BCUT2D eigenvalue weighted by atomic mass is 10.1. The number of anilines is 1. The molecular formula is C20H17ClN2O3S. The molecule has 1 heterocycles. The lowest BCUT2D eigenvalue weighted by Crippen LogP contribution is -2.36. The normalized spacial score (nSPS) is 15.5. The number of aryl methyl sites for hydroxylation is 2. The Morgan fingerprint density at radius 1 is 1.15 bits per heavy atom. The number of thioether (sulfide) groups is 1. The molecule has 1 aliphatic rings. The summed E-state index contributed by atoms with van der Waals surface area (Å²) in [7, 11) is 0. The van der Waals surface area contributed by atoms with E-state index in [4.69, 9.17) is 11.6 Å². The van der Waals surface area contributed by atoms with Gasteiger partial charge in [-0.3, -0.25) is 19.3 Å². The average molecular weight is 401 g/mol. The van der Waals surface area contributed by atoms with Crippen molar-refractivity contribution >= 4 is 52.2 Å². The maximum Gasteiger partial charge on any atom is 0.294 e. The first-order valence-electron chi connectivity index (χ1n) is 8.21. The van der Waals surface area contributed by atoms with Crippen molar-refractivity contribution < 1.29 is 14.4 Å². The molecule has 0 aromatic heterocycles. The van der Waals surface area contributed by atoms with Gasteiger partial charge < -0.3 is 5.32 Å². The van der Waals surface area contributed by atoms with Crippen molar-refractivity contribution in [3.63, 3.8) is 0 Å². The number of carbonyl (C=O) groups excluding carboxylic acids is 3. The highest BCUT2D eigenvalue weighted by molar-refractivity contribution is 8.18. The van der Waals surface area contributed by atoms with Crippen LogP contribution in [0, 0.1) is 13.8 Å². The summed E-state index contributed by atoms with van der Waals surface area (Å²) in [4.78, 5) is 38.2. The number of hydrogen-bond donors (Lipinski definition) is 1. The lowest BCUT2D eigenvalue weighted by molar-refractivity contribution is -0.127. The van der Waals surface area contributed by atoms with Crippen LogP contribution in [0.5, 0.6) is 0 Å². The molecule has 0 aliphatic carbocycles. The largest absolute Gasteiger partial charge is 0.325 e. The summed E-state index contributed by atoms with van der Waals surface area (Å²) in [5, 5.41) is 2.80. The van der Waals surface area contributed by atoms with Gasteiger partial charge in [0, 0.05) is 10.7 Å². The fourth-order valence-corrected chi connectivity index (χ4v) is 3.81. The van der Waals surface area contributed by atoms with Crippen LogP contribution in [0.1, 0.15) is 16.7 Å². The van der Waals surface area contributed by atoms with Gasteiger partial charge in [0.25, 0.3) is 11.1 Å². The number of carbonyl (C=O) groups is 3. The monoisotopic (exact) mass is 400 g/mol. The van der Waals surface area contributed by atoms with E-state index in [2.05, 4.69) is 5.32 Å². The minimum absolute atomic E-state index is 0.265. The molecule has 3 amide bonds. The topological polar surface area (TPSA) is 66.5 Å². The molecule has 0 atom stereocenters. The van der Waals surface area contributed by atoms with Gasteiger partial charge in [-0.05, 0) is 72.6 Å². The van der Waals surface area contributed by atoms with E-state index in [0.29, 0.717) is 16.3 Å². The zero-order valence-electron chi connectivity index (χ0n) is 14.8. The highest BCUT2D eigenvalue weighted by atomic mass is 35.5. The van der Waals surface area contributed by atoms with E-state index in [1.807, 2.05) is 32.0 Å². The van der Waals surface area contributed by atoms with Crippen molar-refractivity contribution in [1.29, 1.82) is 0 Å². The molecule has 2 aromatic carbocycles. The van der Waals surface area contributed by atoms with Crippen molar-refractivity contribution in [3.05, 3.63) is 69.1 Å². The van der Waals surface area contributed by atoms with Crippen LogP contribution in [-0.2, 0) is 9.59 Å². The summed E-state index contributed by atoms with van der Waals surface area (Å²) in [5.74, 6) is -0.910. The number of amides is 3. The maximum absolute atomic E-state index is 12.5. The van der Waals surface area contributed by atoms with Crippen LogP contribution in [-0.4, -0.2) is 28.5 Å². The molecular weight excluding hydrogens is 384 g/mol. The fraction of sp³-hybridized carbons (Fsp3) is 0.150. The standard InChI is InChI=1S/C20H17ClN2O3S/c1-12-6-13(2)8-16(7-12)22-18(24)11-23-19(25)17(27-20(23)26)10-14-4-3-5-15(21)9-14/h3-10H,11H2,1-2H3,(H,22,24)/b17-10+. The summed E-state index contributed by atoms with van der Waals surface area (Å²) >= 11 is 6.75. The van der Waals surface area contributed by atoms with Crippen LogP contribution in [0.4, 0.5) is 10.5 Å². The molecule has 0 spiro atoms. The van der Waals surface area contributed by atoms with Crippen LogP contribution in [0.2, 0.25) is 5.02 Å². The SMILES string of the molecule is Cc1cc(C)cc(NC(=O)CN2C(=O)S/C(=C/c3cccc(Cl)c3)C2=O)c1. The third kappa shape index (κ3) is 4.78. The molecule has 0 unspecified atom stereocenters. The van der Waals surface area contributed by atoms with Crippen LogP contribution >= 0.6 is 23.4 Å². The molecule has 3 rings (SSSR count). The molecule has 2 aromatic rings. The molecule has 0 bridgehead atoms. The Morgan fingerprint density at radius 3 is 2.52 bits per heavy atom. The first kappa shape index (κ1) is 19.2. The summed E-state index contributed by atoms with van der Waals surface area (Å²) in [6.45, 7) is 3.53. The third-order valence-corrected chi connectivity index (χ3v) is 4.97. The number of halogens is 1. The second-order valence-electron chi connectivity index (χ2n) is 6.25. The van der Waals surface area contributed by atoms with Crippen LogP contribution in [0.25, 0.3) is 6.08 Å². The number of benzene rings is 2. The average Bonchev–Trinajstić information content (AvgIpc) is 2.81. The molecule has 7 heteroatoms. The number of nitrogens with one attached hydrogen (secondary N) is 1. The van der Waals surface area contributed by atoms with Gasteiger partial charge in [0.05, 0.1) is 4.91 Å². The highest BCUT2D eigenvalue weighted by Gasteiger charge is 2.36. The Hall–Kier alpha value is -2.57. The van der Waals surface area contributed by atoms with Crippen molar-refractivity contribution in [2.24, 2.45) is 0 Å². The summed E-state index contributed by atoms with van der Waals surface area (Å²) in [6.07, 6.45) is 1.60. The highest BCUT2D eigenvalue weighted by Crippen LogP contribution is 2.32. The smallest absolute Gasteiger partial charge is 0.294 e. The third-order valence-electron chi connectivity index (χ3n) is 3.83. The number of rotatable bonds is 4. The van der Waals surface area contributed by atoms with E-state index in [9.17, 15) is 14.4 Å². The second-order valence-corrected chi connectivity index (χ2v) is 7.68. The van der Waals surface area contributed by atoms with E-state index in [1.165, 1.54) is 0 Å². The van der Waals surface area contributed by atoms with Gasteiger partial charge in [0.15, 0.2) is 0 Å². The van der Waals surface area contributed by atoms with Crippen LogP contribution in [0.3, 0.4) is 0 Å². The lowest BCUT2D eigenvalue weighted by Gasteiger charge is -2.13. The summed E-state index contributed by atoms with van der Waals surface area (Å²) in [6, 6.07) is 12.6. The zero-order valence-corrected chi connectivity index (χ0v) is 16.4.